The summed E-state index contributed by atoms with van der Waals surface area (Å²) in [7, 11) is 53.7. The summed E-state index contributed by atoms with van der Waals surface area (Å²) >= 11 is 0. The van der Waals surface area contributed by atoms with Crippen molar-refractivity contribution in [1.29, 1.82) is 0 Å². The highest BCUT2D eigenvalue weighted by molar-refractivity contribution is 6.73. The monoisotopic (exact) mass is 747 g/mol. The third-order valence-electron chi connectivity index (χ3n) is 16.9. The van der Waals surface area contributed by atoms with E-state index in [1.54, 1.807) is 0 Å². The Morgan fingerprint density at radius 3 is 1.12 bits per heavy atom. The minimum absolute atomic E-state index is 0.823. The van der Waals surface area contributed by atoms with E-state index < -0.39 is 0 Å². The van der Waals surface area contributed by atoms with Gasteiger partial charge in [0.15, 0.2) is 0 Å². The second-order valence-corrected chi connectivity index (χ2v) is 19.0. The van der Waals surface area contributed by atoms with Gasteiger partial charge < -0.3 is 0 Å². The molecule has 1 aliphatic carbocycles. The van der Waals surface area contributed by atoms with Gasteiger partial charge in [-0.3, -0.25) is 0 Å². The largest absolute Gasteiger partial charge is 0.149 e. The van der Waals surface area contributed by atoms with Gasteiger partial charge >= 0.3 is 0 Å². The Kier molecular flexibility index (Phi) is 12.6. The standard InChI is InChI=1S/C37H49B23/c1-2-6(38)17(40)16(39)5-3-4(9-11-13(26(49)30(53)18(9)41)27(50)34(57)33(56)21(11)44)8-10(20(43)32(55)31(54)19(8)42)7(5)12-22(45)24(47)14(25(48)23(12)46)15-28(51)35(58)37(60)36(59)29(15)52/h1H,3,38-60H2/b16-5-,17-6-. The fourth-order valence-electron chi connectivity index (χ4n) is 11.2. The van der Waals surface area contributed by atoms with Crippen LogP contribution in [0.15, 0.2) is 22.0 Å². The lowest BCUT2D eigenvalue weighted by molar-refractivity contribution is 1.24. The molecule has 0 aliphatic heterocycles. The summed E-state index contributed by atoms with van der Waals surface area (Å²) < 4.78 is 0. The Morgan fingerprint density at radius 1 is 0.350 bits per heavy atom. The first-order valence-electron chi connectivity index (χ1n) is 22.2. The Hall–Kier alpha value is -3.37. The quantitative estimate of drug-likeness (QED) is 0.127. The normalized spacial score (nSPS) is 13.8. The van der Waals surface area contributed by atoms with Crippen LogP contribution in [0.4, 0.5) is 0 Å². The molecule has 0 amide bonds. The molecule has 0 spiro atoms. The van der Waals surface area contributed by atoms with Crippen LogP contribution in [-0.2, 0) is 0 Å². The fraction of sp³-hybridized carbons (Fsp3) is 0.0270. The summed E-state index contributed by atoms with van der Waals surface area (Å²) in [5.74, 6) is 3.03. The SMILES string of the molecule is B/C(C#C)=C(B)/C(B)=C1\CC(c2c(B)c(B)c(B)c3c(B)c(B)c(B)c(B)c23)=c2c(B)c(B)c(B)c(B)c2=C1c1c(B)c(B)c(-c2c(B)c(B)c(B)c(B)c2B)c(B)c1B. The van der Waals surface area contributed by atoms with Gasteiger partial charge in [-0.25, -0.2) is 0 Å². The summed E-state index contributed by atoms with van der Waals surface area (Å²) in [6.45, 7) is 0. The number of rotatable bonds is 4. The van der Waals surface area contributed by atoms with Crippen molar-refractivity contribution in [2.24, 2.45) is 0 Å². The number of hydrogen-bond donors (Lipinski definition) is 0. The summed E-state index contributed by atoms with van der Waals surface area (Å²) in [6, 6.07) is 0. The topological polar surface area (TPSA) is 0 Å². The predicted octanol–water partition coefficient (Wildman–Crippen LogP) is -30.5. The molecule has 5 aromatic carbocycles. The smallest absolute Gasteiger partial charge is 0.116 e. The Morgan fingerprint density at radius 2 is 0.667 bits per heavy atom. The molecule has 0 fully saturated rings. The zero-order valence-corrected chi connectivity index (χ0v) is 41.8. The molecule has 0 atom stereocenters. The van der Waals surface area contributed by atoms with E-state index >= 15 is 0 Å². The summed E-state index contributed by atoms with van der Waals surface area (Å²) in [6.07, 6.45) is 7.03. The van der Waals surface area contributed by atoms with Crippen LogP contribution in [0.5, 0.6) is 0 Å². The number of allylic oxidation sites excluding steroid dienone is 4. The van der Waals surface area contributed by atoms with Gasteiger partial charge in [-0.05, 0) is 72.1 Å². The van der Waals surface area contributed by atoms with Gasteiger partial charge in [0.05, 0.1) is 0 Å². The second-order valence-electron chi connectivity index (χ2n) is 19.0. The average Bonchev–Trinajstić information content (AvgIpc) is 3.23. The molecule has 0 saturated carbocycles. The van der Waals surface area contributed by atoms with Crippen LogP contribution < -0.4 is 120 Å². The number of terminal acetylenes is 1. The molecule has 0 aromatic heterocycles. The lowest BCUT2D eigenvalue weighted by atomic mass is 9.54. The van der Waals surface area contributed by atoms with Crippen LogP contribution >= 0.6 is 0 Å². The number of hydrogen-bond acceptors (Lipinski definition) is 0. The molecule has 0 nitrogen and oxygen atoms in total. The molecule has 0 unspecified atom stereocenters. The highest BCUT2D eigenvalue weighted by Gasteiger charge is 2.31. The van der Waals surface area contributed by atoms with Crippen molar-refractivity contribution in [3.8, 4) is 23.5 Å². The molecule has 5 aromatic rings. The first-order valence-corrected chi connectivity index (χ1v) is 22.2. The van der Waals surface area contributed by atoms with Crippen LogP contribution in [0.25, 0.3) is 33.0 Å². The lowest BCUT2D eigenvalue weighted by Gasteiger charge is -2.34. The third-order valence-corrected chi connectivity index (χ3v) is 16.9. The molecule has 1 aliphatic rings. The molecular formula is C37H49B23. The van der Waals surface area contributed by atoms with E-state index in [0.29, 0.717) is 0 Å². The maximum Gasteiger partial charge on any atom is 0.149 e. The van der Waals surface area contributed by atoms with Crippen molar-refractivity contribution in [1.82, 2.24) is 0 Å². The molecule has 0 N–H and O–H groups in total. The van der Waals surface area contributed by atoms with Gasteiger partial charge in [0.1, 0.15) is 180 Å². The predicted molar refractivity (Wildman–Crippen MR) is 343 cm³/mol. The molecule has 0 radical (unpaired) electrons. The molecule has 23 heteroatoms. The first kappa shape index (κ1) is 46.1. The van der Waals surface area contributed by atoms with E-state index in [0.717, 1.165) is 11.9 Å². The van der Waals surface area contributed by atoms with Crippen molar-refractivity contribution < 1.29 is 0 Å². The number of fused-ring (bicyclic) bond motifs is 2. The molecule has 0 bridgehead atoms. The maximum atomic E-state index is 6.20. The van der Waals surface area contributed by atoms with E-state index in [-0.39, 0.29) is 0 Å². The Bertz CT molecular complexity index is 3030. The summed E-state index contributed by atoms with van der Waals surface area (Å²) in [4.78, 5) is 0. The molecule has 60 heavy (non-hydrogen) atoms. The fourth-order valence-corrected chi connectivity index (χ4v) is 11.2. The van der Waals surface area contributed by atoms with Crippen LogP contribution in [0.3, 0.4) is 0 Å². The van der Waals surface area contributed by atoms with E-state index in [1.807, 2.05) is 0 Å². The molecule has 0 heterocycles. The van der Waals surface area contributed by atoms with Crippen LogP contribution in [0.1, 0.15) is 17.5 Å². The molecular weight excluding hydrogens is 693 g/mol. The number of benzene rings is 5. The van der Waals surface area contributed by atoms with Gasteiger partial charge in [-0.1, -0.05) is 82.4 Å². The van der Waals surface area contributed by atoms with Crippen molar-refractivity contribution >= 4 is 312 Å². The highest BCUT2D eigenvalue weighted by atomic mass is 14.3. The molecule has 0 saturated heterocycles. The molecule has 6 rings (SSSR count). The first-order chi connectivity index (χ1) is 27.9. The zero-order chi connectivity index (χ0) is 45.0. The van der Waals surface area contributed by atoms with Gasteiger partial charge in [0.2, 0.25) is 0 Å². The maximum absolute atomic E-state index is 6.20. The van der Waals surface area contributed by atoms with Crippen molar-refractivity contribution in [2.75, 3.05) is 0 Å². The summed E-state index contributed by atoms with van der Waals surface area (Å²) in [5.41, 5.74) is 41.2. The van der Waals surface area contributed by atoms with Crippen molar-refractivity contribution in [3.05, 3.63) is 43.6 Å². The van der Waals surface area contributed by atoms with Crippen molar-refractivity contribution in [2.45, 2.75) is 6.42 Å². The lowest BCUT2D eigenvalue weighted by Crippen LogP contribution is -2.66. The summed E-state index contributed by atoms with van der Waals surface area (Å²) in [5, 5.41) is 5.68. The van der Waals surface area contributed by atoms with E-state index in [1.165, 1.54) is 180 Å². The van der Waals surface area contributed by atoms with Crippen molar-refractivity contribution in [3.63, 3.8) is 0 Å². The zero-order valence-electron chi connectivity index (χ0n) is 41.8. The van der Waals surface area contributed by atoms with E-state index in [9.17, 15) is 0 Å². The van der Waals surface area contributed by atoms with E-state index in [4.69, 9.17) is 6.42 Å². The van der Waals surface area contributed by atoms with E-state index in [2.05, 4.69) is 186 Å². The van der Waals surface area contributed by atoms with Gasteiger partial charge in [0, 0.05) is 0 Å². The average molecular weight is 742 g/mol. The van der Waals surface area contributed by atoms with Crippen LogP contribution in [0, 0.1) is 12.3 Å². The second kappa shape index (κ2) is 16.4. The van der Waals surface area contributed by atoms with Crippen LogP contribution in [0.2, 0.25) is 0 Å². The molecule has 266 valence electrons. The highest BCUT2D eigenvalue weighted by Crippen LogP contribution is 2.34. The Balaban J connectivity index is 2.02. The third kappa shape index (κ3) is 6.57. The minimum atomic E-state index is 0.823. The van der Waals surface area contributed by atoms with Gasteiger partial charge in [-0.15, -0.1) is 50.1 Å². The minimum Gasteiger partial charge on any atom is -0.116 e. The van der Waals surface area contributed by atoms with Gasteiger partial charge in [0.25, 0.3) is 0 Å². The van der Waals surface area contributed by atoms with Crippen LogP contribution in [-0.4, -0.2) is 180 Å². The van der Waals surface area contributed by atoms with Gasteiger partial charge in [-0.2, -0.15) is 0 Å². The Labute approximate surface area is 382 Å².